The topological polar surface area (TPSA) is 23.5 Å². The molecule has 0 amide bonds. The minimum absolute atomic E-state index is 0.112. The van der Waals surface area contributed by atoms with Crippen LogP contribution in [-0.4, -0.2) is 34.7 Å². The Labute approximate surface area is 120 Å². The lowest BCUT2D eigenvalue weighted by Crippen LogP contribution is -2.53. The van der Waals surface area contributed by atoms with Crippen LogP contribution in [0, 0.1) is 5.82 Å². The van der Waals surface area contributed by atoms with Gasteiger partial charge in [0.25, 0.3) is 0 Å². The van der Waals surface area contributed by atoms with Gasteiger partial charge in [-0.2, -0.15) is 0 Å². The lowest BCUT2D eigenvalue weighted by molar-refractivity contribution is -0.00417. The van der Waals surface area contributed by atoms with E-state index in [2.05, 4.69) is 18.7 Å². The van der Waals surface area contributed by atoms with Gasteiger partial charge in [0.1, 0.15) is 5.82 Å². The van der Waals surface area contributed by atoms with E-state index >= 15 is 0 Å². The van der Waals surface area contributed by atoms with Crippen molar-refractivity contribution in [1.82, 2.24) is 4.90 Å². The van der Waals surface area contributed by atoms with Crippen LogP contribution in [0.4, 0.5) is 4.39 Å². The van der Waals surface area contributed by atoms with Gasteiger partial charge in [-0.05, 0) is 44.6 Å². The summed E-state index contributed by atoms with van der Waals surface area (Å²) in [6.45, 7) is 9.90. The number of benzene rings is 1. The molecule has 0 fully saturated rings. The number of hydrogen-bond acceptors (Lipinski definition) is 2. The Morgan fingerprint density at radius 1 is 1.32 bits per heavy atom. The molecule has 1 unspecified atom stereocenters. The second-order valence-corrected chi connectivity index (χ2v) is 5.70. The van der Waals surface area contributed by atoms with Gasteiger partial charge in [0, 0.05) is 12.0 Å². The Hall–Kier alpha value is -0.640. The highest BCUT2D eigenvalue weighted by molar-refractivity contribution is 6.30. The molecule has 0 spiro atoms. The number of hydrogen-bond donors (Lipinski definition) is 1. The third kappa shape index (κ3) is 3.91. The minimum Gasteiger partial charge on any atom is -0.391 e. The minimum atomic E-state index is -0.562. The Balaban J connectivity index is 2.83. The SMILES string of the molecule is CCN(CC)C(C)(C)C(O)Cc1ccc(Cl)c(F)c1. The Morgan fingerprint density at radius 3 is 2.37 bits per heavy atom. The normalized spacial score (nSPS) is 13.9. The summed E-state index contributed by atoms with van der Waals surface area (Å²) in [5.74, 6) is -0.438. The summed E-state index contributed by atoms with van der Waals surface area (Å²) in [5.41, 5.74) is 0.411. The maximum atomic E-state index is 13.4. The number of likely N-dealkylation sites (N-methyl/N-ethyl adjacent to an activating group) is 1. The zero-order valence-corrected chi connectivity index (χ0v) is 12.8. The quantitative estimate of drug-likeness (QED) is 0.865. The summed E-state index contributed by atoms with van der Waals surface area (Å²) in [4.78, 5) is 2.20. The van der Waals surface area contributed by atoms with Crippen molar-refractivity contribution >= 4 is 11.6 Å². The predicted octanol–water partition coefficient (Wildman–Crippen LogP) is 3.50. The number of aliphatic hydroxyl groups is 1. The van der Waals surface area contributed by atoms with Crippen molar-refractivity contribution in [2.45, 2.75) is 45.8 Å². The van der Waals surface area contributed by atoms with Gasteiger partial charge in [0.15, 0.2) is 0 Å². The fourth-order valence-corrected chi connectivity index (χ4v) is 2.51. The molecular weight excluding hydrogens is 265 g/mol. The first-order valence-electron chi connectivity index (χ1n) is 6.69. The summed E-state index contributed by atoms with van der Waals surface area (Å²) in [7, 11) is 0. The molecule has 0 aliphatic rings. The first-order valence-corrected chi connectivity index (χ1v) is 7.07. The average molecular weight is 288 g/mol. The van der Waals surface area contributed by atoms with Gasteiger partial charge in [0.05, 0.1) is 11.1 Å². The molecular formula is C15H23ClFNO. The fraction of sp³-hybridized carbons (Fsp3) is 0.600. The molecule has 19 heavy (non-hydrogen) atoms. The van der Waals surface area contributed by atoms with Gasteiger partial charge in [-0.3, -0.25) is 4.90 Å². The highest BCUT2D eigenvalue weighted by atomic mass is 35.5. The molecule has 4 heteroatoms. The molecule has 1 aromatic carbocycles. The Morgan fingerprint density at radius 2 is 1.89 bits per heavy atom. The first-order chi connectivity index (χ1) is 8.82. The monoisotopic (exact) mass is 287 g/mol. The number of halogens is 2. The van der Waals surface area contributed by atoms with Crippen molar-refractivity contribution in [2.75, 3.05) is 13.1 Å². The second-order valence-electron chi connectivity index (χ2n) is 5.29. The van der Waals surface area contributed by atoms with Crippen molar-refractivity contribution in [3.8, 4) is 0 Å². The van der Waals surface area contributed by atoms with Crippen molar-refractivity contribution in [3.05, 3.63) is 34.6 Å². The van der Waals surface area contributed by atoms with E-state index in [1.807, 2.05) is 13.8 Å². The molecule has 108 valence electrons. The number of aliphatic hydroxyl groups excluding tert-OH is 1. The highest BCUT2D eigenvalue weighted by Gasteiger charge is 2.32. The van der Waals surface area contributed by atoms with Crippen LogP contribution in [0.5, 0.6) is 0 Å². The van der Waals surface area contributed by atoms with E-state index in [-0.39, 0.29) is 10.6 Å². The van der Waals surface area contributed by atoms with Crippen LogP contribution in [0.15, 0.2) is 18.2 Å². The van der Waals surface area contributed by atoms with Crippen LogP contribution in [0.1, 0.15) is 33.3 Å². The summed E-state index contributed by atoms with van der Waals surface area (Å²) in [5, 5.41) is 10.5. The third-order valence-electron chi connectivity index (χ3n) is 3.81. The van der Waals surface area contributed by atoms with Crippen molar-refractivity contribution in [1.29, 1.82) is 0 Å². The lowest BCUT2D eigenvalue weighted by Gasteiger charge is -2.41. The molecule has 0 aliphatic carbocycles. The van der Waals surface area contributed by atoms with Crippen LogP contribution >= 0.6 is 11.6 Å². The van der Waals surface area contributed by atoms with Crippen molar-refractivity contribution < 1.29 is 9.50 Å². The van der Waals surface area contributed by atoms with Gasteiger partial charge in [-0.1, -0.05) is 31.5 Å². The van der Waals surface area contributed by atoms with Crippen molar-refractivity contribution in [3.63, 3.8) is 0 Å². The Bertz CT molecular complexity index is 419. The molecule has 0 radical (unpaired) electrons. The maximum Gasteiger partial charge on any atom is 0.142 e. The lowest BCUT2D eigenvalue weighted by atomic mass is 9.90. The molecule has 0 saturated carbocycles. The van der Waals surface area contributed by atoms with E-state index in [1.54, 1.807) is 6.07 Å². The molecule has 1 rings (SSSR count). The Kier molecular flexibility index (Phi) is 5.78. The van der Waals surface area contributed by atoms with E-state index in [0.717, 1.165) is 18.7 Å². The van der Waals surface area contributed by atoms with Gasteiger partial charge < -0.3 is 5.11 Å². The third-order valence-corrected chi connectivity index (χ3v) is 4.11. The zero-order chi connectivity index (χ0) is 14.6. The van der Waals surface area contributed by atoms with Crippen molar-refractivity contribution in [2.24, 2.45) is 0 Å². The van der Waals surface area contributed by atoms with Gasteiger partial charge in [0.2, 0.25) is 0 Å². The molecule has 1 aromatic rings. The summed E-state index contributed by atoms with van der Waals surface area (Å²) < 4.78 is 13.4. The maximum absolute atomic E-state index is 13.4. The number of rotatable bonds is 6. The van der Waals surface area contributed by atoms with Crippen LogP contribution in [-0.2, 0) is 6.42 Å². The van der Waals surface area contributed by atoms with Crippen LogP contribution < -0.4 is 0 Å². The molecule has 0 bridgehead atoms. The van der Waals surface area contributed by atoms with Crippen LogP contribution in [0.25, 0.3) is 0 Å². The van der Waals surface area contributed by atoms with Gasteiger partial charge in [-0.15, -0.1) is 0 Å². The summed E-state index contributed by atoms with van der Waals surface area (Å²) >= 11 is 5.66. The molecule has 0 saturated heterocycles. The molecule has 0 aliphatic heterocycles. The van der Waals surface area contributed by atoms with E-state index in [1.165, 1.54) is 12.1 Å². The molecule has 1 atom stereocenters. The highest BCUT2D eigenvalue weighted by Crippen LogP contribution is 2.23. The van der Waals surface area contributed by atoms with Crippen LogP contribution in [0.2, 0.25) is 5.02 Å². The smallest absolute Gasteiger partial charge is 0.142 e. The summed E-state index contributed by atoms with van der Waals surface area (Å²) in [6.07, 6.45) is -0.148. The van der Waals surface area contributed by atoms with Gasteiger partial charge in [-0.25, -0.2) is 4.39 Å². The van der Waals surface area contributed by atoms with E-state index < -0.39 is 11.9 Å². The van der Waals surface area contributed by atoms with E-state index in [0.29, 0.717) is 6.42 Å². The van der Waals surface area contributed by atoms with E-state index in [9.17, 15) is 9.50 Å². The first kappa shape index (κ1) is 16.4. The molecule has 0 heterocycles. The largest absolute Gasteiger partial charge is 0.391 e. The summed E-state index contributed by atoms with van der Waals surface area (Å²) in [6, 6.07) is 4.68. The van der Waals surface area contributed by atoms with Gasteiger partial charge >= 0.3 is 0 Å². The van der Waals surface area contributed by atoms with E-state index in [4.69, 9.17) is 11.6 Å². The fourth-order valence-electron chi connectivity index (χ4n) is 2.39. The molecule has 1 N–H and O–H groups in total. The predicted molar refractivity (Wildman–Crippen MR) is 78.1 cm³/mol. The standard InChI is InChI=1S/C15H23ClFNO/c1-5-18(6-2)15(3,4)14(19)10-11-7-8-12(16)13(17)9-11/h7-9,14,19H,5-6,10H2,1-4H3. The average Bonchev–Trinajstić information content (AvgIpc) is 2.35. The zero-order valence-electron chi connectivity index (χ0n) is 12.1. The second kappa shape index (κ2) is 6.69. The molecule has 0 aromatic heterocycles. The van der Waals surface area contributed by atoms with Crippen LogP contribution in [0.3, 0.4) is 0 Å². The number of nitrogens with zero attached hydrogens (tertiary/aromatic N) is 1. The molecule has 2 nitrogen and oxygen atoms in total.